The predicted molar refractivity (Wildman–Crippen MR) is 107 cm³/mol. The van der Waals surface area contributed by atoms with Crippen LogP contribution in [0.2, 0.25) is 0 Å². The molecule has 12 heteroatoms. The minimum Gasteiger partial charge on any atom is -0.358 e. The fourth-order valence-corrected chi connectivity index (χ4v) is 2.93. The molecule has 3 aromatic rings. The van der Waals surface area contributed by atoms with Gasteiger partial charge in [0.15, 0.2) is 5.69 Å². The van der Waals surface area contributed by atoms with Crippen LogP contribution in [0, 0.1) is 10.1 Å². The molecule has 2 amide bonds. The maximum Gasteiger partial charge on any atom is 0.404 e. The molecule has 2 aromatic heterocycles. The van der Waals surface area contributed by atoms with Crippen LogP contribution in [0.15, 0.2) is 47.2 Å². The molecule has 2 N–H and O–H groups in total. The number of nitro groups is 1. The molecule has 0 saturated heterocycles. The quantitative estimate of drug-likeness (QED) is 0.409. The van der Waals surface area contributed by atoms with Crippen LogP contribution in [0.25, 0.3) is 0 Å². The average Bonchev–Trinajstić information content (AvgIpc) is 3.26. The van der Waals surface area contributed by atoms with E-state index in [2.05, 4.69) is 36.8 Å². The molecule has 0 aliphatic carbocycles. The van der Waals surface area contributed by atoms with Gasteiger partial charge in [0, 0.05) is 31.0 Å². The van der Waals surface area contributed by atoms with Crippen LogP contribution in [0.1, 0.15) is 16.9 Å². The molecule has 0 bridgehead atoms. The number of benzene rings is 1. The van der Waals surface area contributed by atoms with Crippen molar-refractivity contribution < 1.29 is 14.5 Å². The van der Waals surface area contributed by atoms with Crippen molar-refractivity contribution in [3.8, 4) is 0 Å². The van der Waals surface area contributed by atoms with E-state index >= 15 is 0 Å². The molecule has 0 fully saturated rings. The number of hydrogen-bond donors (Lipinski definition) is 2. The number of amides is 2. The third kappa shape index (κ3) is 5.25. The van der Waals surface area contributed by atoms with E-state index in [9.17, 15) is 19.7 Å². The van der Waals surface area contributed by atoms with Crippen LogP contribution in [0.5, 0.6) is 0 Å². The van der Waals surface area contributed by atoms with Crippen molar-refractivity contribution >= 4 is 44.9 Å². The summed E-state index contributed by atoms with van der Waals surface area (Å²) in [6.45, 7) is 0.175. The first-order valence-corrected chi connectivity index (χ1v) is 9.19. The molecule has 3 rings (SSSR count). The second kappa shape index (κ2) is 8.65. The van der Waals surface area contributed by atoms with Gasteiger partial charge in [-0.2, -0.15) is 9.78 Å². The molecule has 2 heterocycles. The zero-order chi connectivity index (χ0) is 21.0. The molecule has 29 heavy (non-hydrogen) atoms. The number of halogens is 1. The van der Waals surface area contributed by atoms with Gasteiger partial charge in [-0.3, -0.25) is 14.3 Å². The molecule has 0 unspecified atom stereocenters. The molecule has 0 radical (unpaired) electrons. The fraction of sp³-hybridized carbons (Fsp3) is 0.176. The largest absolute Gasteiger partial charge is 0.404 e. The zero-order valence-corrected chi connectivity index (χ0v) is 16.8. The lowest BCUT2D eigenvalue weighted by molar-refractivity contribution is -0.390. The van der Waals surface area contributed by atoms with Crippen molar-refractivity contribution in [2.24, 2.45) is 7.05 Å². The highest BCUT2D eigenvalue weighted by atomic mass is 79.9. The van der Waals surface area contributed by atoms with Gasteiger partial charge < -0.3 is 20.7 Å². The van der Waals surface area contributed by atoms with E-state index in [-0.39, 0.29) is 40.8 Å². The third-order valence-corrected chi connectivity index (χ3v) is 4.35. The monoisotopic (exact) mass is 461 g/mol. The molecule has 0 atom stereocenters. The van der Waals surface area contributed by atoms with E-state index in [1.165, 1.54) is 15.6 Å². The van der Waals surface area contributed by atoms with Crippen LogP contribution < -0.4 is 10.6 Å². The lowest BCUT2D eigenvalue weighted by Gasteiger charge is -2.08. The van der Waals surface area contributed by atoms with Gasteiger partial charge in [-0.25, -0.2) is 0 Å². The average molecular weight is 462 g/mol. The zero-order valence-electron chi connectivity index (χ0n) is 15.2. The molecular formula is C17H16BrN7O4. The van der Waals surface area contributed by atoms with E-state index in [1.807, 2.05) is 0 Å². The topological polar surface area (TPSA) is 137 Å². The normalized spacial score (nSPS) is 10.6. The summed E-state index contributed by atoms with van der Waals surface area (Å²) in [6, 6.07) is 8.28. The molecule has 150 valence electrons. The number of anilines is 2. The number of carbonyl (C=O) groups is 2. The highest BCUT2D eigenvalue weighted by molar-refractivity contribution is 9.10. The van der Waals surface area contributed by atoms with Gasteiger partial charge in [-0.05, 0) is 45.1 Å². The van der Waals surface area contributed by atoms with Crippen molar-refractivity contribution in [3.63, 3.8) is 0 Å². The molecule has 0 spiro atoms. The standard InChI is InChI=1S/C17H16BrN7O4/c1-23-7-5-14(21-23)17(27)20-12-4-2-3-11(9-12)19-15(26)6-8-24-10-13(18)16(22-24)25(28)29/h2-5,7,9-10H,6,8H2,1H3,(H,19,26)(H,20,27). The van der Waals surface area contributed by atoms with E-state index < -0.39 is 4.92 Å². The summed E-state index contributed by atoms with van der Waals surface area (Å²) in [7, 11) is 1.72. The maximum absolute atomic E-state index is 12.2. The Morgan fingerprint density at radius 1 is 1.21 bits per heavy atom. The predicted octanol–water partition coefficient (Wildman–Crippen LogP) is 2.57. The van der Waals surface area contributed by atoms with Gasteiger partial charge in [0.05, 0.1) is 17.8 Å². The van der Waals surface area contributed by atoms with Crippen molar-refractivity contribution in [2.45, 2.75) is 13.0 Å². The van der Waals surface area contributed by atoms with E-state index in [0.717, 1.165) is 0 Å². The van der Waals surface area contributed by atoms with Gasteiger partial charge in [-0.15, -0.1) is 0 Å². The van der Waals surface area contributed by atoms with Crippen LogP contribution in [0.4, 0.5) is 17.2 Å². The van der Waals surface area contributed by atoms with Gasteiger partial charge in [0.25, 0.3) is 5.91 Å². The lowest BCUT2D eigenvalue weighted by Crippen LogP contribution is -2.16. The Bertz CT molecular complexity index is 1080. The van der Waals surface area contributed by atoms with Gasteiger partial charge >= 0.3 is 5.82 Å². The van der Waals surface area contributed by atoms with Crippen molar-refractivity contribution in [1.29, 1.82) is 0 Å². The number of aromatic nitrogens is 4. The van der Waals surface area contributed by atoms with Gasteiger partial charge in [-0.1, -0.05) is 6.07 Å². The van der Waals surface area contributed by atoms with Crippen molar-refractivity contribution in [3.05, 3.63) is 63.0 Å². The summed E-state index contributed by atoms with van der Waals surface area (Å²) < 4.78 is 3.10. The summed E-state index contributed by atoms with van der Waals surface area (Å²) in [6.07, 6.45) is 3.17. The summed E-state index contributed by atoms with van der Waals surface area (Å²) in [5.41, 5.74) is 1.29. The highest BCUT2D eigenvalue weighted by Crippen LogP contribution is 2.22. The van der Waals surface area contributed by atoms with Crippen LogP contribution >= 0.6 is 15.9 Å². The second-order valence-corrected chi connectivity index (χ2v) is 6.88. The molecule has 11 nitrogen and oxygen atoms in total. The van der Waals surface area contributed by atoms with Gasteiger partial charge in [0.1, 0.15) is 4.47 Å². The Balaban J connectivity index is 1.56. The molecular weight excluding hydrogens is 446 g/mol. The Morgan fingerprint density at radius 2 is 1.93 bits per heavy atom. The molecule has 1 aromatic carbocycles. The molecule has 0 saturated carbocycles. The smallest absolute Gasteiger partial charge is 0.358 e. The number of nitrogens with zero attached hydrogens (tertiary/aromatic N) is 5. The number of aryl methyl sites for hydroxylation is 2. The van der Waals surface area contributed by atoms with Crippen molar-refractivity contribution in [2.75, 3.05) is 10.6 Å². The highest BCUT2D eigenvalue weighted by Gasteiger charge is 2.19. The summed E-state index contributed by atoms with van der Waals surface area (Å²) in [4.78, 5) is 34.5. The third-order valence-electron chi connectivity index (χ3n) is 3.79. The van der Waals surface area contributed by atoms with E-state index in [4.69, 9.17) is 0 Å². The van der Waals surface area contributed by atoms with E-state index in [1.54, 1.807) is 43.6 Å². The number of hydrogen-bond acceptors (Lipinski definition) is 6. The summed E-state index contributed by atoms with van der Waals surface area (Å²) >= 11 is 3.06. The van der Waals surface area contributed by atoms with Crippen LogP contribution in [-0.4, -0.2) is 36.3 Å². The minimum atomic E-state index is -0.606. The number of rotatable bonds is 7. The fourth-order valence-electron chi connectivity index (χ4n) is 2.47. The Labute approximate surface area is 173 Å². The first-order valence-electron chi connectivity index (χ1n) is 8.40. The van der Waals surface area contributed by atoms with Crippen LogP contribution in [0.3, 0.4) is 0 Å². The minimum absolute atomic E-state index is 0.0653. The second-order valence-electron chi connectivity index (χ2n) is 6.03. The summed E-state index contributed by atoms with van der Waals surface area (Å²) in [5, 5.41) is 24.1. The van der Waals surface area contributed by atoms with Gasteiger partial charge in [0.2, 0.25) is 5.91 Å². The number of carbonyl (C=O) groups excluding carboxylic acids is 2. The Morgan fingerprint density at radius 3 is 2.55 bits per heavy atom. The Kier molecular flexibility index (Phi) is 6.02. The number of nitrogens with one attached hydrogen (secondary N) is 2. The maximum atomic E-state index is 12.2. The first kappa shape index (κ1) is 20.2. The molecule has 0 aliphatic heterocycles. The Hall–Kier alpha value is -3.54. The van der Waals surface area contributed by atoms with E-state index in [0.29, 0.717) is 11.4 Å². The SMILES string of the molecule is Cn1ccc(C(=O)Nc2cccc(NC(=O)CCn3cc(Br)c([N+](=O)[O-])n3)c2)n1. The molecule has 0 aliphatic rings. The summed E-state index contributed by atoms with van der Waals surface area (Å²) in [5.74, 6) is -0.964. The van der Waals surface area contributed by atoms with Crippen LogP contribution in [-0.2, 0) is 18.4 Å². The lowest BCUT2D eigenvalue weighted by atomic mass is 10.2. The van der Waals surface area contributed by atoms with Crippen molar-refractivity contribution in [1.82, 2.24) is 19.6 Å². The first-order chi connectivity index (χ1) is 13.8.